The summed E-state index contributed by atoms with van der Waals surface area (Å²) in [6, 6.07) is 10.3. The molecule has 28 heavy (non-hydrogen) atoms. The number of methoxy groups -OCH3 is 1. The van der Waals surface area contributed by atoms with Gasteiger partial charge in [-0.1, -0.05) is 23.7 Å². The molecule has 0 aliphatic heterocycles. The normalized spacial score (nSPS) is 11.0. The van der Waals surface area contributed by atoms with Crippen LogP contribution in [0.15, 0.2) is 41.4 Å². The summed E-state index contributed by atoms with van der Waals surface area (Å²) >= 11 is 6.26. The van der Waals surface area contributed by atoms with Crippen LogP contribution in [0.1, 0.15) is 23.6 Å². The molecule has 0 aliphatic rings. The van der Waals surface area contributed by atoms with Crippen molar-refractivity contribution in [2.45, 2.75) is 26.5 Å². The Morgan fingerprint density at radius 3 is 2.61 bits per heavy atom. The van der Waals surface area contributed by atoms with E-state index in [9.17, 15) is 4.39 Å². The molecule has 0 saturated heterocycles. The number of aliphatic hydroxyl groups is 1. The van der Waals surface area contributed by atoms with Crippen LogP contribution in [0.4, 0.5) is 4.39 Å². The van der Waals surface area contributed by atoms with Crippen LogP contribution in [0.25, 0.3) is 0 Å². The summed E-state index contributed by atoms with van der Waals surface area (Å²) in [7, 11) is 1.61. The van der Waals surface area contributed by atoms with Gasteiger partial charge >= 0.3 is 0 Å². The first-order chi connectivity index (χ1) is 13.1. The van der Waals surface area contributed by atoms with Crippen LogP contribution in [0, 0.1) is 5.82 Å². The summed E-state index contributed by atoms with van der Waals surface area (Å²) in [6.45, 7) is 3.42. The van der Waals surface area contributed by atoms with Gasteiger partial charge in [0.2, 0.25) is 0 Å². The molecule has 0 unspecified atom stereocenters. The lowest BCUT2D eigenvalue weighted by atomic mass is 10.1. The number of benzene rings is 2. The van der Waals surface area contributed by atoms with Crippen LogP contribution in [0.2, 0.25) is 5.02 Å². The molecule has 0 bridgehead atoms. The van der Waals surface area contributed by atoms with Gasteiger partial charge < -0.3 is 20.5 Å². The van der Waals surface area contributed by atoms with E-state index in [0.29, 0.717) is 24.1 Å². The molecule has 154 valence electrons. The summed E-state index contributed by atoms with van der Waals surface area (Å²) in [6.07, 6.45) is 0.735. The number of nitrogens with zero attached hydrogens (tertiary/aromatic N) is 1. The predicted octanol–water partition coefficient (Wildman–Crippen LogP) is 3.90. The van der Waals surface area contributed by atoms with Gasteiger partial charge in [-0.15, -0.1) is 24.0 Å². The topological polar surface area (TPSA) is 65.9 Å². The van der Waals surface area contributed by atoms with E-state index < -0.39 is 5.82 Å². The second-order valence-corrected chi connectivity index (χ2v) is 6.32. The second kappa shape index (κ2) is 12.8. The molecule has 0 aliphatic carbocycles. The molecule has 0 atom stereocenters. The van der Waals surface area contributed by atoms with Gasteiger partial charge in [0.1, 0.15) is 11.6 Å². The zero-order valence-corrected chi connectivity index (χ0v) is 19.1. The lowest BCUT2D eigenvalue weighted by molar-refractivity contribution is 0.275. The minimum Gasteiger partial charge on any atom is -0.497 e. The third-order valence-corrected chi connectivity index (χ3v) is 4.34. The van der Waals surface area contributed by atoms with E-state index in [4.69, 9.17) is 21.4 Å². The number of guanidine groups is 1. The van der Waals surface area contributed by atoms with Crippen LogP contribution in [-0.2, 0) is 19.6 Å². The average Bonchev–Trinajstić information content (AvgIpc) is 2.68. The van der Waals surface area contributed by atoms with Crippen LogP contribution >= 0.6 is 35.6 Å². The maximum atomic E-state index is 13.5. The molecule has 0 heterocycles. The standard InChI is InChI=1S/C20H25ClFN3O2.HI/c1-3-23-20(25-12-14-4-7-19(22)16(10-14)13-26)24-9-8-15-5-6-17(27-2)11-18(15)21;/h4-7,10-11,26H,3,8-9,12-13H2,1-2H3,(H2,23,24,25);1H. The Morgan fingerprint density at radius 1 is 1.18 bits per heavy atom. The zero-order chi connectivity index (χ0) is 19.6. The Morgan fingerprint density at radius 2 is 1.96 bits per heavy atom. The largest absolute Gasteiger partial charge is 0.497 e. The van der Waals surface area contributed by atoms with Gasteiger partial charge in [0.25, 0.3) is 0 Å². The first-order valence-corrected chi connectivity index (χ1v) is 9.18. The van der Waals surface area contributed by atoms with Crippen molar-refractivity contribution < 1.29 is 14.2 Å². The Hall–Kier alpha value is -1.58. The number of hydrogen-bond donors (Lipinski definition) is 3. The van der Waals surface area contributed by atoms with Gasteiger partial charge in [-0.05, 0) is 48.7 Å². The smallest absolute Gasteiger partial charge is 0.191 e. The molecule has 0 fully saturated rings. The van der Waals surface area contributed by atoms with Gasteiger partial charge in [0, 0.05) is 23.7 Å². The first-order valence-electron chi connectivity index (χ1n) is 8.80. The SMILES string of the molecule is CCNC(=NCc1ccc(F)c(CO)c1)NCCc1ccc(OC)cc1Cl.I. The highest BCUT2D eigenvalue weighted by molar-refractivity contribution is 14.0. The maximum absolute atomic E-state index is 13.5. The van der Waals surface area contributed by atoms with Crippen molar-refractivity contribution >= 4 is 41.5 Å². The summed E-state index contributed by atoms with van der Waals surface area (Å²) in [5.74, 6) is 0.983. The van der Waals surface area contributed by atoms with Gasteiger partial charge in [-0.3, -0.25) is 0 Å². The van der Waals surface area contributed by atoms with Crippen LogP contribution < -0.4 is 15.4 Å². The van der Waals surface area contributed by atoms with Crippen molar-refractivity contribution in [3.8, 4) is 5.75 Å². The van der Waals surface area contributed by atoms with Gasteiger partial charge in [0.15, 0.2) is 5.96 Å². The number of aliphatic hydroxyl groups excluding tert-OH is 1. The molecule has 0 amide bonds. The summed E-state index contributed by atoms with van der Waals surface area (Å²) in [5, 5.41) is 16.3. The average molecular weight is 522 g/mol. The van der Waals surface area contributed by atoms with Gasteiger partial charge in [0.05, 0.1) is 20.3 Å². The Balaban J connectivity index is 0.00000392. The van der Waals surface area contributed by atoms with Crippen LogP contribution in [0.5, 0.6) is 5.75 Å². The fourth-order valence-corrected chi connectivity index (χ4v) is 2.80. The molecule has 2 aromatic rings. The number of aliphatic imine (C=N–C) groups is 1. The van der Waals surface area contributed by atoms with E-state index in [1.165, 1.54) is 6.07 Å². The van der Waals surface area contributed by atoms with Crippen molar-refractivity contribution in [1.82, 2.24) is 10.6 Å². The summed E-state index contributed by atoms with van der Waals surface area (Å²) < 4.78 is 18.6. The molecule has 2 aromatic carbocycles. The third-order valence-electron chi connectivity index (χ3n) is 3.99. The number of halogens is 3. The highest BCUT2D eigenvalue weighted by Gasteiger charge is 2.05. The zero-order valence-electron chi connectivity index (χ0n) is 16.0. The Labute approximate surface area is 187 Å². The molecule has 0 aromatic heterocycles. The molecular weight excluding hydrogens is 496 g/mol. The molecule has 0 spiro atoms. The van der Waals surface area contributed by atoms with Crippen molar-refractivity contribution in [2.75, 3.05) is 20.2 Å². The summed E-state index contributed by atoms with van der Waals surface area (Å²) in [4.78, 5) is 4.51. The van der Waals surface area contributed by atoms with Crippen molar-refractivity contribution in [1.29, 1.82) is 0 Å². The summed E-state index contributed by atoms with van der Waals surface area (Å²) in [5.41, 5.74) is 2.12. The van der Waals surface area contributed by atoms with E-state index in [-0.39, 0.29) is 36.1 Å². The maximum Gasteiger partial charge on any atom is 0.191 e. The number of hydrogen-bond acceptors (Lipinski definition) is 3. The first kappa shape index (κ1) is 24.5. The van der Waals surface area contributed by atoms with Gasteiger partial charge in [-0.25, -0.2) is 9.38 Å². The van der Waals surface area contributed by atoms with E-state index in [1.807, 2.05) is 19.1 Å². The van der Waals surface area contributed by atoms with Crippen molar-refractivity contribution in [3.63, 3.8) is 0 Å². The van der Waals surface area contributed by atoms with E-state index in [0.717, 1.165) is 29.8 Å². The third kappa shape index (κ3) is 7.44. The highest BCUT2D eigenvalue weighted by Crippen LogP contribution is 2.22. The Kier molecular flexibility index (Phi) is 11.2. The van der Waals surface area contributed by atoms with Crippen LogP contribution in [0.3, 0.4) is 0 Å². The minimum atomic E-state index is -0.411. The molecule has 3 N–H and O–H groups in total. The second-order valence-electron chi connectivity index (χ2n) is 5.91. The van der Waals surface area contributed by atoms with Crippen LogP contribution in [-0.4, -0.2) is 31.3 Å². The minimum absolute atomic E-state index is 0. The highest BCUT2D eigenvalue weighted by atomic mass is 127. The van der Waals surface area contributed by atoms with E-state index >= 15 is 0 Å². The fourth-order valence-electron chi connectivity index (χ4n) is 2.53. The van der Waals surface area contributed by atoms with E-state index in [1.54, 1.807) is 25.3 Å². The Bertz CT molecular complexity index is 790. The number of nitrogens with one attached hydrogen (secondary N) is 2. The fraction of sp³-hybridized carbons (Fsp3) is 0.350. The number of rotatable bonds is 8. The lowest BCUT2D eigenvalue weighted by Crippen LogP contribution is -2.38. The lowest BCUT2D eigenvalue weighted by Gasteiger charge is -2.12. The molecule has 0 saturated carbocycles. The van der Waals surface area contributed by atoms with Crippen molar-refractivity contribution in [3.05, 3.63) is 63.9 Å². The monoisotopic (exact) mass is 521 g/mol. The quantitative estimate of drug-likeness (QED) is 0.280. The molecule has 5 nitrogen and oxygen atoms in total. The van der Waals surface area contributed by atoms with E-state index in [2.05, 4.69) is 15.6 Å². The molecule has 0 radical (unpaired) electrons. The molecule has 2 rings (SSSR count). The molecular formula is C20H26ClFIN3O2. The van der Waals surface area contributed by atoms with Gasteiger partial charge in [-0.2, -0.15) is 0 Å². The molecule has 8 heteroatoms. The number of ether oxygens (including phenoxy) is 1. The predicted molar refractivity (Wildman–Crippen MR) is 122 cm³/mol. The van der Waals surface area contributed by atoms with Crippen molar-refractivity contribution in [2.24, 2.45) is 4.99 Å².